The van der Waals surface area contributed by atoms with Gasteiger partial charge < -0.3 is 4.42 Å². The first-order valence-electron chi connectivity index (χ1n) is 9.62. The molecule has 2 heterocycles. The molecule has 0 radical (unpaired) electrons. The Kier molecular flexibility index (Phi) is 6.43. The summed E-state index contributed by atoms with van der Waals surface area (Å²) >= 11 is 7.45. The normalized spacial score (nSPS) is 12.0. The monoisotopic (exact) mass is 489 g/mol. The van der Waals surface area contributed by atoms with E-state index in [0.717, 1.165) is 5.56 Å². The van der Waals surface area contributed by atoms with Crippen molar-refractivity contribution in [2.24, 2.45) is 0 Å². The minimum atomic E-state index is -3.54. The van der Waals surface area contributed by atoms with E-state index < -0.39 is 10.0 Å². The molecule has 7 nitrogen and oxygen atoms in total. The Hall–Kier alpha value is -2.59. The molecular formula is C22H20ClN3O4S2. The van der Waals surface area contributed by atoms with E-state index in [4.69, 9.17) is 16.0 Å². The van der Waals surface area contributed by atoms with Gasteiger partial charge in [-0.05, 0) is 48.0 Å². The van der Waals surface area contributed by atoms with Crippen molar-refractivity contribution in [3.05, 3.63) is 87.6 Å². The molecule has 0 saturated heterocycles. The molecule has 0 atom stereocenters. The molecule has 4 rings (SSSR count). The maximum atomic E-state index is 13.2. The standard InChI is InChI=1S/C22H20ClN3O4S2/c1-25(2)32(28,29)18-7-3-5-15(11-18)14-31-22-24-20-12-16(23)8-9-19(20)21(27)26(22)13-17-6-4-10-30-17/h3-12H,13-14H2,1-2H3. The summed E-state index contributed by atoms with van der Waals surface area (Å²) in [6.45, 7) is 0.231. The minimum Gasteiger partial charge on any atom is -0.467 e. The van der Waals surface area contributed by atoms with E-state index in [1.165, 1.54) is 30.2 Å². The number of aromatic nitrogens is 2. The van der Waals surface area contributed by atoms with Crippen LogP contribution in [-0.2, 0) is 22.3 Å². The number of sulfonamides is 1. The van der Waals surface area contributed by atoms with Gasteiger partial charge in [-0.25, -0.2) is 17.7 Å². The maximum Gasteiger partial charge on any atom is 0.262 e. The van der Waals surface area contributed by atoms with Gasteiger partial charge in [0.05, 0.1) is 28.6 Å². The number of rotatable bonds is 7. The lowest BCUT2D eigenvalue weighted by Crippen LogP contribution is -2.24. The third-order valence-corrected chi connectivity index (χ3v) is 7.92. The lowest BCUT2D eigenvalue weighted by atomic mass is 10.2. The molecule has 166 valence electrons. The molecule has 0 saturated carbocycles. The summed E-state index contributed by atoms with van der Waals surface area (Å²) in [5.74, 6) is 1.05. The highest BCUT2D eigenvalue weighted by molar-refractivity contribution is 7.98. The second kappa shape index (κ2) is 9.11. The molecule has 0 amide bonds. The summed E-state index contributed by atoms with van der Waals surface area (Å²) in [6, 6.07) is 15.3. The van der Waals surface area contributed by atoms with Gasteiger partial charge in [0.2, 0.25) is 10.0 Å². The van der Waals surface area contributed by atoms with Crippen LogP contribution in [0.15, 0.2) is 80.1 Å². The van der Waals surface area contributed by atoms with Crippen molar-refractivity contribution >= 4 is 44.3 Å². The zero-order chi connectivity index (χ0) is 22.9. The lowest BCUT2D eigenvalue weighted by molar-refractivity contribution is 0.476. The number of benzene rings is 2. The Morgan fingerprint density at radius 2 is 1.94 bits per heavy atom. The lowest BCUT2D eigenvalue weighted by Gasteiger charge is -2.14. The van der Waals surface area contributed by atoms with Crippen molar-refractivity contribution in [3.63, 3.8) is 0 Å². The predicted octanol–water partition coefficient (Wildman–Crippen LogP) is 4.23. The molecule has 2 aromatic heterocycles. The molecule has 2 aromatic carbocycles. The van der Waals surface area contributed by atoms with Crippen molar-refractivity contribution in [1.29, 1.82) is 0 Å². The fourth-order valence-electron chi connectivity index (χ4n) is 3.14. The number of thioether (sulfide) groups is 1. The van der Waals surface area contributed by atoms with Gasteiger partial charge in [0, 0.05) is 24.9 Å². The second-order valence-electron chi connectivity index (χ2n) is 7.25. The highest BCUT2D eigenvalue weighted by atomic mass is 35.5. The van der Waals surface area contributed by atoms with Crippen LogP contribution in [0.3, 0.4) is 0 Å². The molecule has 0 fully saturated rings. The third kappa shape index (κ3) is 4.61. The average molecular weight is 490 g/mol. The number of halogens is 1. The van der Waals surface area contributed by atoms with Crippen LogP contribution in [0.25, 0.3) is 10.9 Å². The predicted molar refractivity (Wildman–Crippen MR) is 126 cm³/mol. The van der Waals surface area contributed by atoms with Gasteiger partial charge in [0.25, 0.3) is 5.56 Å². The Morgan fingerprint density at radius 3 is 2.66 bits per heavy atom. The maximum absolute atomic E-state index is 13.2. The largest absolute Gasteiger partial charge is 0.467 e. The molecular weight excluding hydrogens is 470 g/mol. The van der Waals surface area contributed by atoms with Crippen molar-refractivity contribution < 1.29 is 12.8 Å². The van der Waals surface area contributed by atoms with Crippen LogP contribution in [0.2, 0.25) is 5.02 Å². The first kappa shape index (κ1) is 22.6. The van der Waals surface area contributed by atoms with Gasteiger partial charge in [0.1, 0.15) is 5.76 Å². The van der Waals surface area contributed by atoms with Crippen molar-refractivity contribution in [2.45, 2.75) is 22.3 Å². The SMILES string of the molecule is CN(C)S(=O)(=O)c1cccc(CSc2nc3cc(Cl)ccc3c(=O)n2Cc2ccco2)c1. The molecule has 0 N–H and O–H groups in total. The van der Waals surface area contributed by atoms with Crippen LogP contribution in [0, 0.1) is 0 Å². The van der Waals surface area contributed by atoms with Crippen LogP contribution in [0.5, 0.6) is 0 Å². The average Bonchev–Trinajstić information content (AvgIpc) is 3.27. The zero-order valence-corrected chi connectivity index (χ0v) is 19.7. The van der Waals surface area contributed by atoms with E-state index >= 15 is 0 Å². The number of hydrogen-bond donors (Lipinski definition) is 0. The van der Waals surface area contributed by atoms with E-state index in [1.54, 1.807) is 59.4 Å². The summed E-state index contributed by atoms with van der Waals surface area (Å²) < 4.78 is 33.1. The van der Waals surface area contributed by atoms with Gasteiger partial charge in [0.15, 0.2) is 5.16 Å². The molecule has 32 heavy (non-hydrogen) atoms. The Morgan fingerprint density at radius 1 is 1.12 bits per heavy atom. The summed E-state index contributed by atoms with van der Waals surface area (Å²) in [7, 11) is -0.550. The van der Waals surface area contributed by atoms with Crippen molar-refractivity contribution in [3.8, 4) is 0 Å². The summed E-state index contributed by atoms with van der Waals surface area (Å²) in [6.07, 6.45) is 1.55. The number of nitrogens with zero attached hydrogens (tertiary/aromatic N) is 3. The summed E-state index contributed by atoms with van der Waals surface area (Å²) in [5, 5.41) is 1.44. The molecule has 0 unspecified atom stereocenters. The topological polar surface area (TPSA) is 85.4 Å². The molecule has 4 aromatic rings. The van der Waals surface area contributed by atoms with E-state index in [2.05, 4.69) is 4.98 Å². The molecule has 10 heteroatoms. The van der Waals surface area contributed by atoms with Gasteiger partial charge in [-0.2, -0.15) is 0 Å². The first-order chi connectivity index (χ1) is 15.3. The van der Waals surface area contributed by atoms with E-state index in [9.17, 15) is 13.2 Å². The minimum absolute atomic E-state index is 0.200. The highest BCUT2D eigenvalue weighted by Crippen LogP contribution is 2.25. The van der Waals surface area contributed by atoms with E-state index in [-0.39, 0.29) is 17.0 Å². The zero-order valence-electron chi connectivity index (χ0n) is 17.4. The number of fused-ring (bicyclic) bond motifs is 1. The molecule has 0 spiro atoms. The molecule has 0 aliphatic rings. The fourth-order valence-corrected chi connectivity index (χ4v) is 5.22. The highest BCUT2D eigenvalue weighted by Gasteiger charge is 2.18. The molecule has 0 bridgehead atoms. The van der Waals surface area contributed by atoms with Crippen molar-refractivity contribution in [2.75, 3.05) is 14.1 Å². The Labute approximate surface area is 194 Å². The Bertz CT molecular complexity index is 1430. The number of furan rings is 1. The second-order valence-corrected chi connectivity index (χ2v) is 10.8. The molecule has 0 aliphatic carbocycles. The Balaban J connectivity index is 1.71. The quantitative estimate of drug-likeness (QED) is 0.285. The third-order valence-electron chi connectivity index (χ3n) is 4.82. The van der Waals surface area contributed by atoms with Gasteiger partial charge in [-0.15, -0.1) is 0 Å². The van der Waals surface area contributed by atoms with Gasteiger partial charge in [-0.3, -0.25) is 9.36 Å². The smallest absolute Gasteiger partial charge is 0.262 e. The first-order valence-corrected chi connectivity index (χ1v) is 12.4. The van der Waals surface area contributed by atoms with Crippen molar-refractivity contribution in [1.82, 2.24) is 13.9 Å². The van der Waals surface area contributed by atoms with Crippen LogP contribution >= 0.6 is 23.4 Å². The van der Waals surface area contributed by atoms with Crippen LogP contribution in [0.4, 0.5) is 0 Å². The van der Waals surface area contributed by atoms with Crippen LogP contribution in [0.1, 0.15) is 11.3 Å². The van der Waals surface area contributed by atoms with Gasteiger partial charge in [-0.1, -0.05) is 35.5 Å². The van der Waals surface area contributed by atoms with Crippen LogP contribution < -0.4 is 5.56 Å². The summed E-state index contributed by atoms with van der Waals surface area (Å²) in [4.78, 5) is 18.1. The fraction of sp³-hybridized carbons (Fsp3) is 0.182. The van der Waals surface area contributed by atoms with E-state index in [0.29, 0.717) is 32.6 Å². The van der Waals surface area contributed by atoms with E-state index in [1.807, 2.05) is 6.07 Å². The van der Waals surface area contributed by atoms with Gasteiger partial charge >= 0.3 is 0 Å². The number of hydrogen-bond acceptors (Lipinski definition) is 6. The van der Waals surface area contributed by atoms with Crippen LogP contribution in [-0.4, -0.2) is 36.4 Å². The summed E-state index contributed by atoms with van der Waals surface area (Å²) in [5.41, 5.74) is 1.10. The molecule has 0 aliphatic heterocycles.